The maximum absolute atomic E-state index is 5.76. The van der Waals surface area contributed by atoms with Gasteiger partial charge in [-0.25, -0.2) is 0 Å². The molecule has 0 fully saturated rings. The van der Waals surface area contributed by atoms with Crippen molar-refractivity contribution in [3.8, 4) is 11.5 Å². The lowest BCUT2D eigenvalue weighted by Crippen LogP contribution is -2.17. The van der Waals surface area contributed by atoms with Gasteiger partial charge in [0, 0.05) is 11.6 Å². The van der Waals surface area contributed by atoms with Crippen LogP contribution in [0.3, 0.4) is 0 Å². The molecule has 0 radical (unpaired) electrons. The highest BCUT2D eigenvalue weighted by atomic mass is 35.5. The fraction of sp³-hybridized carbons (Fsp3) is 0.385. The van der Waals surface area contributed by atoms with Crippen LogP contribution in [0.2, 0.25) is 0 Å². The number of halogens is 2. The zero-order valence-electron chi connectivity index (χ0n) is 10.5. The Hall–Kier alpha value is -0.900. The lowest BCUT2D eigenvalue weighted by molar-refractivity contribution is 0.323. The molecular formula is C13H17Cl2NO2. The molecule has 0 saturated heterocycles. The third-order valence-electron chi connectivity index (χ3n) is 2.27. The Morgan fingerprint density at radius 3 is 2.72 bits per heavy atom. The van der Waals surface area contributed by atoms with Crippen molar-refractivity contribution in [3.63, 3.8) is 0 Å². The van der Waals surface area contributed by atoms with Crippen LogP contribution in [0.5, 0.6) is 11.5 Å². The molecule has 2 N–H and O–H groups in total. The lowest BCUT2D eigenvalue weighted by Gasteiger charge is -2.12. The number of hydrogen-bond acceptors (Lipinski definition) is 3. The van der Waals surface area contributed by atoms with Crippen LogP contribution in [0.1, 0.15) is 12.5 Å². The molecule has 1 atom stereocenters. The fourth-order valence-corrected chi connectivity index (χ4v) is 1.63. The Kier molecular flexibility index (Phi) is 6.33. The molecule has 0 aliphatic rings. The van der Waals surface area contributed by atoms with Gasteiger partial charge < -0.3 is 15.2 Å². The van der Waals surface area contributed by atoms with Crippen molar-refractivity contribution >= 4 is 23.2 Å². The van der Waals surface area contributed by atoms with E-state index in [4.69, 9.17) is 38.4 Å². The summed E-state index contributed by atoms with van der Waals surface area (Å²) in [6.07, 6.45) is 0.791. The SMILES string of the molecule is COc1cc(CC(C)N)ccc1OCC(Cl)=CCl. The van der Waals surface area contributed by atoms with Gasteiger partial charge in [0.05, 0.1) is 12.1 Å². The van der Waals surface area contributed by atoms with E-state index in [1.54, 1.807) is 7.11 Å². The van der Waals surface area contributed by atoms with E-state index in [0.29, 0.717) is 16.5 Å². The highest BCUT2D eigenvalue weighted by molar-refractivity contribution is 6.36. The standard InChI is InChI=1S/C13H17Cl2NO2/c1-9(16)5-10-3-4-12(13(6-10)17-2)18-8-11(15)7-14/h3-4,6-7,9H,5,8,16H2,1-2H3. The van der Waals surface area contributed by atoms with Crippen LogP contribution >= 0.6 is 23.2 Å². The third kappa shape index (κ3) is 4.77. The molecular weight excluding hydrogens is 273 g/mol. The molecule has 0 bridgehead atoms. The summed E-state index contributed by atoms with van der Waals surface area (Å²) in [5.74, 6) is 1.29. The Morgan fingerprint density at radius 2 is 2.17 bits per heavy atom. The summed E-state index contributed by atoms with van der Waals surface area (Å²) in [5, 5.41) is 0.429. The van der Waals surface area contributed by atoms with Crippen LogP contribution in [-0.2, 0) is 6.42 Å². The van der Waals surface area contributed by atoms with Crippen LogP contribution in [0.15, 0.2) is 28.8 Å². The van der Waals surface area contributed by atoms with Crippen LogP contribution < -0.4 is 15.2 Å². The number of hydrogen-bond donors (Lipinski definition) is 1. The fourth-order valence-electron chi connectivity index (χ4n) is 1.51. The largest absolute Gasteiger partial charge is 0.493 e. The third-order valence-corrected chi connectivity index (χ3v) is 2.86. The minimum absolute atomic E-state index is 0.107. The Morgan fingerprint density at radius 1 is 1.44 bits per heavy atom. The van der Waals surface area contributed by atoms with E-state index in [1.807, 2.05) is 25.1 Å². The van der Waals surface area contributed by atoms with Gasteiger partial charge in [-0.15, -0.1) is 0 Å². The van der Waals surface area contributed by atoms with E-state index >= 15 is 0 Å². The van der Waals surface area contributed by atoms with Gasteiger partial charge in [-0.2, -0.15) is 0 Å². The van der Waals surface area contributed by atoms with E-state index in [0.717, 1.165) is 12.0 Å². The molecule has 0 aliphatic carbocycles. The first-order chi connectivity index (χ1) is 8.56. The minimum atomic E-state index is 0.107. The van der Waals surface area contributed by atoms with E-state index in [2.05, 4.69) is 0 Å². The van der Waals surface area contributed by atoms with Gasteiger partial charge in [0.25, 0.3) is 0 Å². The molecule has 0 saturated carbocycles. The highest BCUT2D eigenvalue weighted by Gasteiger charge is 2.07. The summed E-state index contributed by atoms with van der Waals surface area (Å²) in [5.41, 5.74) is 8.14. The second-order valence-electron chi connectivity index (χ2n) is 4.01. The molecule has 0 heterocycles. The average Bonchev–Trinajstić information content (AvgIpc) is 2.35. The van der Waals surface area contributed by atoms with Gasteiger partial charge in [0.2, 0.25) is 0 Å². The molecule has 0 aliphatic heterocycles. The summed E-state index contributed by atoms with van der Waals surface area (Å²) in [6, 6.07) is 5.82. The van der Waals surface area contributed by atoms with Crippen molar-refractivity contribution in [1.82, 2.24) is 0 Å². The summed E-state index contributed by atoms with van der Waals surface area (Å²) >= 11 is 11.2. The van der Waals surface area contributed by atoms with Crippen LogP contribution in [0.4, 0.5) is 0 Å². The maximum atomic E-state index is 5.76. The van der Waals surface area contributed by atoms with Crippen LogP contribution in [0, 0.1) is 0 Å². The molecule has 0 aromatic heterocycles. The van der Waals surface area contributed by atoms with Crippen molar-refractivity contribution in [2.75, 3.05) is 13.7 Å². The topological polar surface area (TPSA) is 44.5 Å². The minimum Gasteiger partial charge on any atom is -0.493 e. The monoisotopic (exact) mass is 289 g/mol. The summed E-state index contributed by atoms with van der Waals surface area (Å²) in [7, 11) is 1.59. The van der Waals surface area contributed by atoms with Gasteiger partial charge in [-0.05, 0) is 31.0 Å². The van der Waals surface area contributed by atoms with Gasteiger partial charge in [-0.3, -0.25) is 0 Å². The number of methoxy groups -OCH3 is 1. The zero-order valence-corrected chi connectivity index (χ0v) is 12.0. The van der Waals surface area contributed by atoms with E-state index in [-0.39, 0.29) is 12.6 Å². The van der Waals surface area contributed by atoms with Crippen molar-refractivity contribution in [1.29, 1.82) is 0 Å². The van der Waals surface area contributed by atoms with Gasteiger partial charge >= 0.3 is 0 Å². The highest BCUT2D eigenvalue weighted by Crippen LogP contribution is 2.29. The van der Waals surface area contributed by atoms with Crippen LogP contribution in [0.25, 0.3) is 0 Å². The van der Waals surface area contributed by atoms with Crippen molar-refractivity contribution in [3.05, 3.63) is 34.3 Å². The summed E-state index contributed by atoms with van der Waals surface area (Å²) < 4.78 is 10.8. The number of benzene rings is 1. The lowest BCUT2D eigenvalue weighted by atomic mass is 10.1. The molecule has 0 spiro atoms. The molecule has 5 heteroatoms. The van der Waals surface area contributed by atoms with Crippen LogP contribution in [-0.4, -0.2) is 19.8 Å². The first kappa shape index (κ1) is 15.2. The van der Waals surface area contributed by atoms with Crippen molar-refractivity contribution in [2.45, 2.75) is 19.4 Å². The summed E-state index contributed by atoms with van der Waals surface area (Å²) in [4.78, 5) is 0. The number of rotatable bonds is 6. The van der Waals surface area contributed by atoms with Gasteiger partial charge in [0.15, 0.2) is 11.5 Å². The summed E-state index contributed by atoms with van der Waals surface area (Å²) in [6.45, 7) is 2.18. The normalized spacial score (nSPS) is 13.3. The maximum Gasteiger partial charge on any atom is 0.161 e. The van der Waals surface area contributed by atoms with Gasteiger partial charge in [-0.1, -0.05) is 29.3 Å². The molecule has 1 aromatic rings. The van der Waals surface area contributed by atoms with Crippen molar-refractivity contribution < 1.29 is 9.47 Å². The molecule has 1 rings (SSSR count). The molecule has 18 heavy (non-hydrogen) atoms. The first-order valence-electron chi connectivity index (χ1n) is 5.57. The Bertz CT molecular complexity index is 419. The molecule has 0 amide bonds. The predicted molar refractivity (Wildman–Crippen MR) is 75.6 cm³/mol. The quantitative estimate of drug-likeness (QED) is 0.874. The predicted octanol–water partition coefficient (Wildman–Crippen LogP) is 3.28. The second kappa shape index (κ2) is 7.52. The van der Waals surface area contributed by atoms with E-state index in [9.17, 15) is 0 Å². The van der Waals surface area contributed by atoms with E-state index in [1.165, 1.54) is 5.54 Å². The molecule has 3 nitrogen and oxygen atoms in total. The van der Waals surface area contributed by atoms with E-state index < -0.39 is 0 Å². The molecule has 100 valence electrons. The Balaban J connectivity index is 2.80. The van der Waals surface area contributed by atoms with Crippen molar-refractivity contribution in [2.24, 2.45) is 5.73 Å². The smallest absolute Gasteiger partial charge is 0.161 e. The average molecular weight is 290 g/mol. The van der Waals surface area contributed by atoms with Gasteiger partial charge in [0.1, 0.15) is 6.61 Å². The number of ether oxygens (including phenoxy) is 2. The molecule has 1 unspecified atom stereocenters. The number of nitrogens with two attached hydrogens (primary N) is 1. The first-order valence-corrected chi connectivity index (χ1v) is 6.38. The second-order valence-corrected chi connectivity index (χ2v) is 4.71. The zero-order chi connectivity index (χ0) is 13.5. The Labute approximate surface area is 117 Å². The molecule has 1 aromatic carbocycles.